The van der Waals surface area contributed by atoms with Crippen LogP contribution >= 0.6 is 0 Å². The first-order valence-electron chi connectivity index (χ1n) is 4.43. The van der Waals surface area contributed by atoms with Crippen LogP contribution in [0.25, 0.3) is 0 Å². The maximum atomic E-state index is 8.38. The van der Waals surface area contributed by atoms with Gasteiger partial charge in [0.05, 0.1) is 6.07 Å². The molecule has 70 valence electrons. The second kappa shape index (κ2) is 8.51. The predicted octanol–water partition coefficient (Wildman–Crippen LogP) is 1.26. The van der Waals surface area contributed by atoms with Crippen LogP contribution in [0, 0.1) is 11.3 Å². The summed E-state index contributed by atoms with van der Waals surface area (Å²) in [5, 5.41) is 8.38. The minimum atomic E-state index is 0.626. The zero-order valence-electron chi connectivity index (χ0n) is 8.05. The van der Waals surface area contributed by atoms with Crippen molar-refractivity contribution in [1.82, 2.24) is 4.90 Å². The fourth-order valence-corrected chi connectivity index (χ4v) is 1.07. The molecule has 0 saturated carbocycles. The zero-order valence-corrected chi connectivity index (χ0v) is 8.05. The van der Waals surface area contributed by atoms with Crippen LogP contribution in [0.4, 0.5) is 0 Å². The van der Waals surface area contributed by atoms with Crippen molar-refractivity contribution < 1.29 is 4.74 Å². The summed E-state index contributed by atoms with van der Waals surface area (Å²) in [5.74, 6) is 0. The van der Waals surface area contributed by atoms with Gasteiger partial charge in [-0.15, -0.1) is 0 Å². The van der Waals surface area contributed by atoms with Crippen LogP contribution in [-0.4, -0.2) is 38.3 Å². The van der Waals surface area contributed by atoms with E-state index in [9.17, 15) is 0 Å². The molecule has 0 heterocycles. The summed E-state index contributed by atoms with van der Waals surface area (Å²) in [7, 11) is 1.71. The molecule has 0 rings (SSSR count). The van der Waals surface area contributed by atoms with Crippen LogP contribution in [-0.2, 0) is 4.74 Å². The molecule has 3 heteroatoms. The van der Waals surface area contributed by atoms with Crippen LogP contribution in [0.15, 0.2) is 0 Å². The van der Waals surface area contributed by atoms with Gasteiger partial charge < -0.3 is 9.64 Å². The number of methoxy groups -OCH3 is 1. The highest BCUT2D eigenvalue weighted by Crippen LogP contribution is 1.93. The number of hydrogen-bond donors (Lipinski definition) is 0. The quantitative estimate of drug-likeness (QED) is 0.540. The molecule has 0 amide bonds. The molecule has 0 N–H and O–H groups in total. The molecule has 0 unspecified atom stereocenters. The van der Waals surface area contributed by atoms with Crippen molar-refractivity contribution in [2.45, 2.75) is 19.8 Å². The van der Waals surface area contributed by atoms with Gasteiger partial charge in [-0.3, -0.25) is 0 Å². The number of nitrogens with zero attached hydrogens (tertiary/aromatic N) is 2. The number of nitriles is 1. The van der Waals surface area contributed by atoms with Crippen molar-refractivity contribution in [3.05, 3.63) is 0 Å². The Bertz CT molecular complexity index is 131. The number of rotatable bonds is 7. The molecular formula is C9H18N2O. The van der Waals surface area contributed by atoms with Gasteiger partial charge in [-0.2, -0.15) is 5.26 Å². The molecule has 0 aliphatic carbocycles. The summed E-state index contributed by atoms with van der Waals surface area (Å²) in [5.41, 5.74) is 0. The summed E-state index contributed by atoms with van der Waals surface area (Å²) in [6.07, 6.45) is 1.68. The molecule has 0 aromatic carbocycles. The smallest absolute Gasteiger partial charge is 0.0635 e. The molecule has 0 fully saturated rings. The van der Waals surface area contributed by atoms with E-state index in [1.807, 2.05) is 0 Å². The predicted molar refractivity (Wildman–Crippen MR) is 48.8 cm³/mol. The third-order valence-corrected chi connectivity index (χ3v) is 1.81. The lowest BCUT2D eigenvalue weighted by atomic mass is 10.3. The monoisotopic (exact) mass is 170 g/mol. The van der Waals surface area contributed by atoms with Gasteiger partial charge in [0.1, 0.15) is 0 Å². The van der Waals surface area contributed by atoms with Crippen LogP contribution in [0.1, 0.15) is 19.8 Å². The van der Waals surface area contributed by atoms with Crippen molar-refractivity contribution in [3.8, 4) is 6.07 Å². The summed E-state index contributed by atoms with van der Waals surface area (Å²) in [6.45, 7) is 5.86. The SMILES string of the molecule is CCN(CCC#N)CCCOC. The van der Waals surface area contributed by atoms with Gasteiger partial charge in [-0.1, -0.05) is 6.92 Å². The third-order valence-electron chi connectivity index (χ3n) is 1.81. The van der Waals surface area contributed by atoms with Gasteiger partial charge in [0.25, 0.3) is 0 Å². The van der Waals surface area contributed by atoms with Crippen molar-refractivity contribution >= 4 is 0 Å². The van der Waals surface area contributed by atoms with Crippen molar-refractivity contribution in [2.24, 2.45) is 0 Å². The number of hydrogen-bond acceptors (Lipinski definition) is 3. The minimum absolute atomic E-state index is 0.626. The lowest BCUT2D eigenvalue weighted by molar-refractivity contribution is 0.174. The highest BCUT2D eigenvalue weighted by molar-refractivity contribution is 4.71. The summed E-state index contributed by atoms with van der Waals surface area (Å²) >= 11 is 0. The Hall–Kier alpha value is -0.590. The second-order valence-corrected chi connectivity index (χ2v) is 2.69. The first kappa shape index (κ1) is 11.4. The average Bonchev–Trinajstić information content (AvgIpc) is 2.11. The van der Waals surface area contributed by atoms with Gasteiger partial charge in [0.2, 0.25) is 0 Å². The zero-order chi connectivity index (χ0) is 9.23. The standard InChI is InChI=1S/C9H18N2O/c1-3-11(7-4-6-10)8-5-9-12-2/h3-5,7-9H2,1-2H3. The van der Waals surface area contributed by atoms with Gasteiger partial charge >= 0.3 is 0 Å². The molecule has 12 heavy (non-hydrogen) atoms. The Morgan fingerprint density at radius 3 is 2.67 bits per heavy atom. The Balaban J connectivity index is 3.34. The fourth-order valence-electron chi connectivity index (χ4n) is 1.07. The number of ether oxygens (including phenoxy) is 1. The molecule has 0 aromatic rings. The van der Waals surface area contributed by atoms with Crippen molar-refractivity contribution in [3.63, 3.8) is 0 Å². The third kappa shape index (κ3) is 6.14. The van der Waals surface area contributed by atoms with Gasteiger partial charge in [0.15, 0.2) is 0 Å². The van der Waals surface area contributed by atoms with Gasteiger partial charge in [-0.05, 0) is 13.0 Å². The van der Waals surface area contributed by atoms with E-state index in [4.69, 9.17) is 10.00 Å². The van der Waals surface area contributed by atoms with Crippen molar-refractivity contribution in [1.29, 1.82) is 5.26 Å². The van der Waals surface area contributed by atoms with E-state index in [1.54, 1.807) is 7.11 Å². The molecule has 0 aromatic heterocycles. The molecule has 0 atom stereocenters. The molecule has 0 aliphatic rings. The van der Waals surface area contributed by atoms with Crippen LogP contribution in [0.5, 0.6) is 0 Å². The van der Waals surface area contributed by atoms with E-state index in [1.165, 1.54) is 0 Å². The lowest BCUT2D eigenvalue weighted by Crippen LogP contribution is -2.26. The van der Waals surface area contributed by atoms with Crippen LogP contribution in [0.2, 0.25) is 0 Å². The fraction of sp³-hybridized carbons (Fsp3) is 0.889. The summed E-state index contributed by atoms with van der Waals surface area (Å²) < 4.78 is 4.95. The Kier molecular flexibility index (Phi) is 8.09. The first-order valence-corrected chi connectivity index (χ1v) is 4.43. The highest BCUT2D eigenvalue weighted by Gasteiger charge is 1.99. The van der Waals surface area contributed by atoms with E-state index >= 15 is 0 Å². The first-order chi connectivity index (χ1) is 5.85. The van der Waals surface area contributed by atoms with Crippen molar-refractivity contribution in [2.75, 3.05) is 33.4 Å². The largest absolute Gasteiger partial charge is 0.385 e. The van der Waals surface area contributed by atoms with E-state index in [0.717, 1.165) is 32.7 Å². The van der Waals surface area contributed by atoms with Crippen LogP contribution < -0.4 is 0 Å². The van der Waals surface area contributed by atoms with Gasteiger partial charge in [0, 0.05) is 33.2 Å². The molecule has 3 nitrogen and oxygen atoms in total. The molecule has 0 radical (unpaired) electrons. The Morgan fingerprint density at radius 1 is 1.42 bits per heavy atom. The highest BCUT2D eigenvalue weighted by atomic mass is 16.5. The Labute approximate surface area is 74.9 Å². The lowest BCUT2D eigenvalue weighted by Gasteiger charge is -2.18. The van der Waals surface area contributed by atoms with Gasteiger partial charge in [-0.25, -0.2) is 0 Å². The Morgan fingerprint density at radius 2 is 2.17 bits per heavy atom. The molecular weight excluding hydrogens is 152 g/mol. The van der Waals surface area contributed by atoms with E-state index in [0.29, 0.717) is 6.42 Å². The topological polar surface area (TPSA) is 36.3 Å². The second-order valence-electron chi connectivity index (χ2n) is 2.69. The molecule has 0 bridgehead atoms. The van der Waals surface area contributed by atoms with E-state index in [2.05, 4.69) is 17.9 Å². The molecule has 0 saturated heterocycles. The average molecular weight is 170 g/mol. The van der Waals surface area contributed by atoms with E-state index in [-0.39, 0.29) is 0 Å². The maximum Gasteiger partial charge on any atom is 0.0635 e. The minimum Gasteiger partial charge on any atom is -0.385 e. The molecule has 0 aliphatic heterocycles. The molecule has 0 spiro atoms. The van der Waals surface area contributed by atoms with Crippen LogP contribution in [0.3, 0.4) is 0 Å². The van der Waals surface area contributed by atoms with E-state index < -0.39 is 0 Å². The summed E-state index contributed by atoms with van der Waals surface area (Å²) in [6, 6.07) is 2.15. The summed E-state index contributed by atoms with van der Waals surface area (Å²) in [4.78, 5) is 2.27. The normalized spacial score (nSPS) is 10.2. The maximum absolute atomic E-state index is 8.38.